The van der Waals surface area contributed by atoms with E-state index < -0.39 is 0 Å². The zero-order chi connectivity index (χ0) is 13.8. The molecule has 1 aromatic rings. The molecule has 0 N–H and O–H groups in total. The maximum atomic E-state index is 12.5. The highest BCUT2D eigenvalue weighted by atomic mass is 32.2. The number of thioether (sulfide) groups is 1. The van der Waals surface area contributed by atoms with Crippen molar-refractivity contribution in [2.75, 3.05) is 33.6 Å². The van der Waals surface area contributed by atoms with Gasteiger partial charge in [0.05, 0.1) is 26.3 Å². The summed E-state index contributed by atoms with van der Waals surface area (Å²) in [5.41, 5.74) is 0.520. The van der Waals surface area contributed by atoms with Crippen LogP contribution in [0, 0.1) is 0 Å². The smallest absolute Gasteiger partial charge is 0.263 e. The van der Waals surface area contributed by atoms with Gasteiger partial charge in [-0.05, 0) is 18.4 Å². The number of amides is 1. The van der Waals surface area contributed by atoms with Crippen LogP contribution in [-0.2, 0) is 0 Å². The number of carbonyl (C=O) groups is 1. The molecule has 0 unspecified atom stereocenters. The van der Waals surface area contributed by atoms with Gasteiger partial charge in [0.25, 0.3) is 5.91 Å². The van der Waals surface area contributed by atoms with Crippen LogP contribution in [0.3, 0.4) is 0 Å². The lowest BCUT2D eigenvalue weighted by Crippen LogP contribution is -2.32. The van der Waals surface area contributed by atoms with Gasteiger partial charge in [-0.2, -0.15) is 0 Å². The van der Waals surface area contributed by atoms with Gasteiger partial charge in [-0.1, -0.05) is 11.8 Å². The quantitative estimate of drug-likeness (QED) is 0.848. The van der Waals surface area contributed by atoms with Crippen molar-refractivity contribution in [1.29, 1.82) is 0 Å². The Hall–Kier alpha value is -1.69. The molecule has 0 aliphatic carbocycles. The standard InChI is InChI=1S/C13H16N2O3S/c1-17-9-4-5-10(11(8-9)18-2)12(16)15-7-6-14-13(15)19-3/h4-5,8H,6-7H2,1-3H3. The summed E-state index contributed by atoms with van der Waals surface area (Å²) in [6.45, 7) is 1.27. The second-order valence-electron chi connectivity index (χ2n) is 3.89. The number of hydrogen-bond acceptors (Lipinski definition) is 5. The molecule has 0 spiro atoms. The molecule has 1 aliphatic heterocycles. The Kier molecular flexibility index (Phi) is 4.31. The number of aliphatic imine (C=N–C) groups is 1. The van der Waals surface area contributed by atoms with Crippen LogP contribution in [0.4, 0.5) is 0 Å². The van der Waals surface area contributed by atoms with Crippen LogP contribution in [0.2, 0.25) is 0 Å². The third-order valence-electron chi connectivity index (χ3n) is 2.87. The summed E-state index contributed by atoms with van der Waals surface area (Å²) in [6.07, 6.45) is 1.91. The van der Waals surface area contributed by atoms with Crippen molar-refractivity contribution in [3.05, 3.63) is 23.8 Å². The third-order valence-corrected chi connectivity index (χ3v) is 3.58. The molecule has 0 bridgehead atoms. The van der Waals surface area contributed by atoms with Gasteiger partial charge in [-0.25, -0.2) is 0 Å². The first kappa shape index (κ1) is 13.7. The van der Waals surface area contributed by atoms with Crippen LogP contribution in [0.15, 0.2) is 23.2 Å². The molecule has 1 aromatic carbocycles. The number of ether oxygens (including phenoxy) is 2. The normalized spacial score (nSPS) is 14.3. The number of benzene rings is 1. The van der Waals surface area contributed by atoms with Crippen LogP contribution in [0.25, 0.3) is 0 Å². The van der Waals surface area contributed by atoms with Gasteiger partial charge in [0.2, 0.25) is 0 Å². The minimum atomic E-state index is -0.0925. The van der Waals surface area contributed by atoms with Gasteiger partial charge in [0.1, 0.15) is 11.5 Å². The van der Waals surface area contributed by atoms with E-state index in [1.807, 2.05) is 6.26 Å². The van der Waals surface area contributed by atoms with E-state index >= 15 is 0 Å². The van der Waals surface area contributed by atoms with Crippen LogP contribution < -0.4 is 9.47 Å². The molecule has 102 valence electrons. The van der Waals surface area contributed by atoms with Crippen molar-refractivity contribution >= 4 is 22.8 Å². The molecule has 2 rings (SSSR count). The molecular weight excluding hydrogens is 264 g/mol. The van der Waals surface area contributed by atoms with Crippen molar-refractivity contribution in [2.45, 2.75) is 0 Å². The number of nitrogens with zero attached hydrogens (tertiary/aromatic N) is 2. The van der Waals surface area contributed by atoms with Crippen LogP contribution in [0.5, 0.6) is 11.5 Å². The lowest BCUT2D eigenvalue weighted by Gasteiger charge is -2.18. The Bertz CT molecular complexity index is 517. The first-order chi connectivity index (χ1) is 9.21. The predicted octanol–water partition coefficient (Wildman–Crippen LogP) is 1.88. The van der Waals surface area contributed by atoms with E-state index in [0.717, 1.165) is 5.17 Å². The molecule has 6 heteroatoms. The van der Waals surface area contributed by atoms with Crippen molar-refractivity contribution in [3.8, 4) is 11.5 Å². The molecule has 0 saturated carbocycles. The second-order valence-corrected chi connectivity index (χ2v) is 4.66. The highest BCUT2D eigenvalue weighted by molar-refractivity contribution is 8.13. The van der Waals surface area contributed by atoms with E-state index in [4.69, 9.17) is 9.47 Å². The van der Waals surface area contributed by atoms with E-state index in [1.165, 1.54) is 11.8 Å². The van der Waals surface area contributed by atoms with Crippen molar-refractivity contribution in [2.24, 2.45) is 4.99 Å². The minimum absolute atomic E-state index is 0.0925. The predicted molar refractivity (Wildman–Crippen MR) is 76.4 cm³/mol. The molecular formula is C13H16N2O3S. The lowest BCUT2D eigenvalue weighted by atomic mass is 10.1. The summed E-state index contributed by atoms with van der Waals surface area (Å²) in [6, 6.07) is 5.18. The summed E-state index contributed by atoms with van der Waals surface area (Å²) >= 11 is 1.47. The number of carbonyl (C=O) groups excluding carboxylic acids is 1. The van der Waals surface area contributed by atoms with E-state index in [9.17, 15) is 4.79 Å². The fraction of sp³-hybridized carbons (Fsp3) is 0.385. The molecule has 19 heavy (non-hydrogen) atoms. The molecule has 5 nitrogen and oxygen atoms in total. The Morgan fingerprint density at radius 2 is 2.16 bits per heavy atom. The second kappa shape index (κ2) is 5.97. The Balaban J connectivity index is 2.31. The third kappa shape index (κ3) is 2.68. The summed E-state index contributed by atoms with van der Waals surface area (Å²) in [7, 11) is 3.12. The van der Waals surface area contributed by atoms with E-state index in [1.54, 1.807) is 37.3 Å². The van der Waals surface area contributed by atoms with Crippen molar-refractivity contribution < 1.29 is 14.3 Å². The van der Waals surface area contributed by atoms with Gasteiger partial charge in [0.15, 0.2) is 5.17 Å². The molecule has 0 saturated heterocycles. The number of rotatable bonds is 3. The van der Waals surface area contributed by atoms with Crippen molar-refractivity contribution in [1.82, 2.24) is 4.90 Å². The lowest BCUT2D eigenvalue weighted by molar-refractivity contribution is 0.0857. The summed E-state index contributed by atoms with van der Waals surface area (Å²) in [5.74, 6) is 1.08. The first-order valence-corrected chi connectivity index (χ1v) is 7.06. The van der Waals surface area contributed by atoms with Crippen molar-refractivity contribution in [3.63, 3.8) is 0 Å². The Morgan fingerprint density at radius 3 is 2.79 bits per heavy atom. The van der Waals surface area contributed by atoms with E-state index in [2.05, 4.69) is 4.99 Å². The van der Waals surface area contributed by atoms with Gasteiger partial charge in [-0.15, -0.1) is 0 Å². The fourth-order valence-corrected chi connectivity index (χ4v) is 2.53. The van der Waals surface area contributed by atoms with E-state index in [0.29, 0.717) is 30.2 Å². The maximum absolute atomic E-state index is 12.5. The number of amidine groups is 1. The SMILES string of the molecule is COc1ccc(C(=O)N2CCN=C2SC)c(OC)c1. The van der Waals surface area contributed by atoms with Gasteiger partial charge >= 0.3 is 0 Å². The largest absolute Gasteiger partial charge is 0.497 e. The topological polar surface area (TPSA) is 51.1 Å². The molecule has 1 aliphatic rings. The zero-order valence-corrected chi connectivity index (χ0v) is 12.0. The minimum Gasteiger partial charge on any atom is -0.497 e. The molecule has 0 radical (unpaired) electrons. The average molecular weight is 280 g/mol. The highest BCUT2D eigenvalue weighted by Crippen LogP contribution is 2.27. The molecule has 1 amide bonds. The van der Waals surface area contributed by atoms with Gasteiger partial charge < -0.3 is 9.47 Å². The maximum Gasteiger partial charge on any atom is 0.263 e. The molecule has 0 fully saturated rings. The summed E-state index contributed by atoms with van der Waals surface area (Å²) in [5, 5.41) is 0.753. The summed E-state index contributed by atoms with van der Waals surface area (Å²) < 4.78 is 10.4. The zero-order valence-electron chi connectivity index (χ0n) is 11.2. The Labute approximate surface area is 116 Å². The summed E-state index contributed by atoms with van der Waals surface area (Å²) in [4.78, 5) is 18.5. The van der Waals surface area contributed by atoms with E-state index in [-0.39, 0.29) is 5.91 Å². The number of hydrogen-bond donors (Lipinski definition) is 0. The van der Waals surface area contributed by atoms with Gasteiger partial charge in [0, 0.05) is 12.6 Å². The Morgan fingerprint density at radius 1 is 1.37 bits per heavy atom. The van der Waals surface area contributed by atoms with Crippen LogP contribution in [0.1, 0.15) is 10.4 Å². The molecule has 0 aromatic heterocycles. The monoisotopic (exact) mass is 280 g/mol. The molecule has 1 heterocycles. The van der Waals surface area contributed by atoms with Gasteiger partial charge in [-0.3, -0.25) is 14.7 Å². The van der Waals surface area contributed by atoms with Crippen LogP contribution >= 0.6 is 11.8 Å². The van der Waals surface area contributed by atoms with Crippen LogP contribution in [-0.4, -0.2) is 49.5 Å². The highest BCUT2D eigenvalue weighted by Gasteiger charge is 2.26. The average Bonchev–Trinajstić information content (AvgIpc) is 2.94. The number of methoxy groups -OCH3 is 2. The first-order valence-electron chi connectivity index (χ1n) is 5.83. The fourth-order valence-electron chi connectivity index (χ4n) is 1.91. The molecule has 0 atom stereocenters.